The van der Waals surface area contributed by atoms with Gasteiger partial charge >= 0.3 is 0 Å². The average Bonchev–Trinajstić information content (AvgIpc) is 3.30. The lowest BCUT2D eigenvalue weighted by Crippen LogP contribution is -2.38. The molecule has 1 aliphatic heterocycles. The molecule has 6 nitrogen and oxygen atoms in total. The molecule has 0 atom stereocenters. The second kappa shape index (κ2) is 7.71. The van der Waals surface area contributed by atoms with Gasteiger partial charge in [0.1, 0.15) is 5.82 Å². The Morgan fingerprint density at radius 2 is 1.64 bits per heavy atom. The van der Waals surface area contributed by atoms with Crippen LogP contribution >= 0.6 is 11.3 Å². The van der Waals surface area contributed by atoms with Gasteiger partial charge in [-0.1, -0.05) is 11.3 Å². The maximum absolute atomic E-state index is 13.0. The van der Waals surface area contributed by atoms with Gasteiger partial charge in [-0.05, 0) is 63.1 Å². The van der Waals surface area contributed by atoms with Crippen LogP contribution in [-0.2, 0) is 4.79 Å². The van der Waals surface area contributed by atoms with Crippen molar-refractivity contribution in [3.05, 3.63) is 53.6 Å². The van der Waals surface area contributed by atoms with Crippen molar-refractivity contribution in [1.29, 1.82) is 0 Å². The number of halogens is 1. The van der Waals surface area contributed by atoms with Crippen molar-refractivity contribution >= 4 is 28.1 Å². The molecule has 8 heteroatoms. The zero-order valence-corrected chi connectivity index (χ0v) is 16.7. The van der Waals surface area contributed by atoms with Crippen LogP contribution in [0.2, 0.25) is 0 Å². The lowest BCUT2D eigenvalue weighted by atomic mass is 9.96. The van der Waals surface area contributed by atoms with E-state index in [1.165, 1.54) is 12.1 Å². The molecular weight excluding hydrogens is 377 g/mol. The first kappa shape index (κ1) is 18.6. The summed E-state index contributed by atoms with van der Waals surface area (Å²) in [5, 5.41) is 13.3. The first-order chi connectivity index (χ1) is 13.5. The van der Waals surface area contributed by atoms with Crippen LogP contribution in [0, 0.1) is 25.6 Å². The number of nitrogens with one attached hydrogen (secondary N) is 1. The van der Waals surface area contributed by atoms with Gasteiger partial charge in [-0.25, -0.2) is 4.39 Å². The third kappa shape index (κ3) is 3.77. The molecule has 1 fully saturated rings. The third-order valence-corrected chi connectivity index (χ3v) is 6.08. The summed E-state index contributed by atoms with van der Waals surface area (Å²) in [4.78, 5) is 14.7. The quantitative estimate of drug-likeness (QED) is 0.722. The smallest absolute Gasteiger partial charge is 0.227 e. The van der Waals surface area contributed by atoms with Crippen molar-refractivity contribution in [2.75, 3.05) is 23.3 Å². The minimum Gasteiger partial charge on any atom is -0.347 e. The predicted octanol–water partition coefficient (Wildman–Crippen LogP) is 3.94. The largest absolute Gasteiger partial charge is 0.347 e. The Hall–Kier alpha value is -2.74. The fourth-order valence-electron chi connectivity index (χ4n) is 3.51. The number of nitrogens with zero attached hydrogens (tertiary/aromatic N) is 4. The van der Waals surface area contributed by atoms with Gasteiger partial charge in [-0.2, -0.15) is 0 Å². The first-order valence-electron chi connectivity index (χ1n) is 9.31. The Labute approximate surface area is 167 Å². The fraction of sp³-hybridized carbons (Fsp3) is 0.350. The van der Waals surface area contributed by atoms with Gasteiger partial charge in [-0.3, -0.25) is 9.36 Å². The summed E-state index contributed by atoms with van der Waals surface area (Å²) < 4.78 is 15.1. The topological polar surface area (TPSA) is 63.1 Å². The van der Waals surface area contributed by atoms with E-state index >= 15 is 0 Å². The normalized spacial score (nSPS) is 15.0. The summed E-state index contributed by atoms with van der Waals surface area (Å²) >= 11 is 1.57. The molecule has 1 aliphatic rings. The molecule has 0 spiro atoms. The van der Waals surface area contributed by atoms with Crippen molar-refractivity contribution < 1.29 is 9.18 Å². The summed E-state index contributed by atoms with van der Waals surface area (Å²) in [6.45, 7) is 5.64. The molecule has 146 valence electrons. The zero-order chi connectivity index (χ0) is 19.7. The molecule has 2 aromatic heterocycles. The van der Waals surface area contributed by atoms with Crippen LogP contribution in [0.25, 0.3) is 5.13 Å². The highest BCUT2D eigenvalue weighted by Crippen LogP contribution is 2.29. The minimum atomic E-state index is -0.312. The van der Waals surface area contributed by atoms with Crippen LogP contribution in [-0.4, -0.2) is 33.8 Å². The highest BCUT2D eigenvalue weighted by molar-refractivity contribution is 7.17. The highest BCUT2D eigenvalue weighted by atomic mass is 32.1. The number of aryl methyl sites for hydroxylation is 2. The van der Waals surface area contributed by atoms with Gasteiger partial charge in [0.25, 0.3) is 0 Å². The van der Waals surface area contributed by atoms with E-state index in [2.05, 4.69) is 51.0 Å². The number of aromatic nitrogens is 3. The van der Waals surface area contributed by atoms with E-state index in [0.717, 1.165) is 47.6 Å². The number of carbonyl (C=O) groups excluding carboxylic acids is 1. The van der Waals surface area contributed by atoms with Gasteiger partial charge in [0.2, 0.25) is 16.2 Å². The molecular formula is C20H22FN5OS. The van der Waals surface area contributed by atoms with Crippen molar-refractivity contribution in [3.63, 3.8) is 0 Å². The number of anilines is 2. The summed E-state index contributed by atoms with van der Waals surface area (Å²) in [6.07, 6.45) is 1.51. The fourth-order valence-corrected chi connectivity index (χ4v) is 4.52. The van der Waals surface area contributed by atoms with Crippen molar-refractivity contribution in [1.82, 2.24) is 14.8 Å². The third-order valence-electron chi connectivity index (χ3n) is 5.11. The molecule has 3 heterocycles. The number of benzene rings is 1. The maximum Gasteiger partial charge on any atom is 0.227 e. The van der Waals surface area contributed by atoms with Gasteiger partial charge in [-0.15, -0.1) is 10.2 Å². The molecule has 1 aromatic carbocycles. The second-order valence-corrected chi connectivity index (χ2v) is 8.01. The first-order valence-corrected chi connectivity index (χ1v) is 10.1. The Morgan fingerprint density at radius 1 is 1.04 bits per heavy atom. The Bertz CT molecular complexity index is 953. The molecule has 28 heavy (non-hydrogen) atoms. The lowest BCUT2D eigenvalue weighted by Gasteiger charge is -2.30. The van der Waals surface area contributed by atoms with E-state index in [9.17, 15) is 9.18 Å². The molecule has 3 aromatic rings. The Balaban J connectivity index is 1.36. The number of hydrogen-bond donors (Lipinski definition) is 1. The minimum absolute atomic E-state index is 0.0113. The zero-order valence-electron chi connectivity index (χ0n) is 15.9. The van der Waals surface area contributed by atoms with Crippen LogP contribution in [0.1, 0.15) is 24.2 Å². The molecule has 0 bridgehead atoms. The average molecular weight is 399 g/mol. The number of piperidine rings is 1. The van der Waals surface area contributed by atoms with Crippen molar-refractivity contribution in [2.24, 2.45) is 5.92 Å². The SMILES string of the molecule is Cc1ccc(C)n1-c1nnc(N2CCC(C(=O)Nc3ccc(F)cc3)CC2)s1. The Kier molecular flexibility index (Phi) is 5.13. The van der Waals surface area contributed by atoms with E-state index in [1.54, 1.807) is 23.5 Å². The monoisotopic (exact) mass is 399 g/mol. The van der Waals surface area contributed by atoms with Crippen LogP contribution in [0.15, 0.2) is 36.4 Å². The maximum atomic E-state index is 13.0. The molecule has 1 amide bonds. The van der Waals surface area contributed by atoms with Gasteiger partial charge < -0.3 is 10.2 Å². The lowest BCUT2D eigenvalue weighted by molar-refractivity contribution is -0.120. The molecule has 0 radical (unpaired) electrons. The Morgan fingerprint density at radius 3 is 2.29 bits per heavy atom. The van der Waals surface area contributed by atoms with E-state index in [0.29, 0.717) is 5.69 Å². The number of rotatable bonds is 4. The van der Waals surface area contributed by atoms with Crippen molar-refractivity contribution in [2.45, 2.75) is 26.7 Å². The van der Waals surface area contributed by atoms with Crippen LogP contribution in [0.3, 0.4) is 0 Å². The molecule has 0 aliphatic carbocycles. The van der Waals surface area contributed by atoms with E-state index in [4.69, 9.17) is 0 Å². The molecule has 4 rings (SSSR count). The number of carbonyl (C=O) groups is 1. The highest BCUT2D eigenvalue weighted by Gasteiger charge is 2.27. The van der Waals surface area contributed by atoms with E-state index < -0.39 is 0 Å². The van der Waals surface area contributed by atoms with Gasteiger partial charge in [0.05, 0.1) is 0 Å². The molecule has 1 saturated heterocycles. The molecule has 0 saturated carbocycles. The van der Waals surface area contributed by atoms with E-state index in [1.807, 2.05) is 0 Å². The number of hydrogen-bond acceptors (Lipinski definition) is 5. The standard InChI is InChI=1S/C20H22FN5OS/c1-13-3-4-14(2)26(13)20-24-23-19(28-20)25-11-9-15(10-12-25)18(27)22-17-7-5-16(21)6-8-17/h3-8,15H,9-12H2,1-2H3,(H,22,27). The summed E-state index contributed by atoms with van der Waals surface area (Å²) in [5.74, 6) is -0.376. The summed E-state index contributed by atoms with van der Waals surface area (Å²) in [7, 11) is 0. The van der Waals surface area contributed by atoms with Gasteiger partial charge in [0, 0.05) is 36.1 Å². The summed E-state index contributed by atoms with van der Waals surface area (Å²) in [5.41, 5.74) is 2.90. The predicted molar refractivity (Wildman–Crippen MR) is 109 cm³/mol. The number of amides is 1. The van der Waals surface area contributed by atoms with Crippen LogP contribution in [0.4, 0.5) is 15.2 Å². The molecule has 0 unspecified atom stereocenters. The van der Waals surface area contributed by atoms with E-state index in [-0.39, 0.29) is 17.6 Å². The summed E-state index contributed by atoms with van der Waals surface area (Å²) in [6, 6.07) is 9.99. The van der Waals surface area contributed by atoms with Gasteiger partial charge in [0.15, 0.2) is 0 Å². The van der Waals surface area contributed by atoms with Crippen LogP contribution < -0.4 is 10.2 Å². The molecule has 1 N–H and O–H groups in total. The van der Waals surface area contributed by atoms with Crippen LogP contribution in [0.5, 0.6) is 0 Å². The second-order valence-electron chi connectivity index (χ2n) is 7.08. The van der Waals surface area contributed by atoms with Crippen molar-refractivity contribution in [3.8, 4) is 5.13 Å².